The molecule has 0 amide bonds. The molecule has 0 radical (unpaired) electrons. The predicted octanol–water partition coefficient (Wildman–Crippen LogP) is -0.742. The van der Waals surface area contributed by atoms with Gasteiger partial charge in [-0.2, -0.15) is 0 Å². The summed E-state index contributed by atoms with van der Waals surface area (Å²) in [4.78, 5) is 0. The van der Waals surface area contributed by atoms with Crippen LogP contribution in [-0.4, -0.2) is 10.1 Å². The van der Waals surface area contributed by atoms with Crippen molar-refractivity contribution in [2.75, 3.05) is 0 Å². The Balaban J connectivity index is 0. The molecule has 0 heterocycles. The van der Waals surface area contributed by atoms with E-state index in [4.69, 9.17) is 0 Å². The van der Waals surface area contributed by atoms with Gasteiger partial charge in [0.25, 0.3) is 0 Å². The van der Waals surface area contributed by atoms with Gasteiger partial charge in [-0.3, -0.25) is 0 Å². The Morgan fingerprint density at radius 3 is 0.500 bits per heavy atom. The van der Waals surface area contributed by atoms with Crippen molar-refractivity contribution in [3.63, 3.8) is 0 Å². The summed E-state index contributed by atoms with van der Waals surface area (Å²) >= 11 is 0. The SMILES string of the molecule is [Be+2].[O-2].[O-2].[O-2].[Zn+2].[Zn+2]. The normalized spacial score (nSPS) is 0. The Morgan fingerprint density at radius 1 is 0.500 bits per heavy atom. The molecule has 0 bridgehead atoms. The van der Waals surface area contributed by atoms with Crippen LogP contribution in [0.4, 0.5) is 0 Å². The van der Waals surface area contributed by atoms with Crippen molar-refractivity contribution >= 4 is 10.1 Å². The Bertz CT molecular complexity index is 8.75. The minimum absolute atomic E-state index is 0. The van der Waals surface area contributed by atoms with Crippen LogP contribution in [0.25, 0.3) is 0 Å². The van der Waals surface area contributed by atoms with E-state index in [2.05, 4.69) is 0 Å². The van der Waals surface area contributed by atoms with Gasteiger partial charge in [-0.15, -0.1) is 0 Å². The van der Waals surface area contributed by atoms with Crippen LogP contribution in [0.1, 0.15) is 0 Å². The van der Waals surface area contributed by atoms with Gasteiger partial charge >= 0.3 is 49.1 Å². The van der Waals surface area contributed by atoms with E-state index < -0.39 is 0 Å². The second-order valence-corrected chi connectivity index (χ2v) is 0. The third kappa shape index (κ3) is 58.2. The first-order valence-corrected chi connectivity index (χ1v) is 0. The van der Waals surface area contributed by atoms with E-state index in [0.29, 0.717) is 0 Å². The third-order valence-corrected chi connectivity index (χ3v) is 0. The van der Waals surface area contributed by atoms with E-state index in [9.17, 15) is 0 Å². The molecule has 0 aliphatic heterocycles. The fourth-order valence-corrected chi connectivity index (χ4v) is 0. The van der Waals surface area contributed by atoms with Gasteiger partial charge in [0.15, 0.2) is 0 Å². The van der Waals surface area contributed by atoms with E-state index in [1.54, 1.807) is 0 Å². The Morgan fingerprint density at radius 2 is 0.500 bits per heavy atom. The third-order valence-electron chi connectivity index (χ3n) is 0. The molecule has 0 aromatic rings. The minimum atomic E-state index is 0. The van der Waals surface area contributed by atoms with Crippen LogP contribution in [0.3, 0.4) is 0 Å². The molecule has 0 N–H and O–H groups in total. The Hall–Kier alpha value is 1.30. The monoisotopic (exact) mass is 185 g/mol. The largest absolute Gasteiger partial charge is 2.00 e. The fraction of sp³-hybridized carbons (Fsp3) is 0. The van der Waals surface area contributed by atoms with Gasteiger partial charge < -0.3 is 16.4 Å². The maximum atomic E-state index is 0. The Labute approximate surface area is 65.5 Å². The molecule has 3 nitrogen and oxygen atoms in total. The summed E-state index contributed by atoms with van der Waals surface area (Å²) in [5, 5.41) is 0. The van der Waals surface area contributed by atoms with Crippen molar-refractivity contribution in [2.24, 2.45) is 0 Å². The number of hydrogen-bond acceptors (Lipinski definition) is 0. The van der Waals surface area contributed by atoms with Crippen molar-refractivity contribution in [2.45, 2.75) is 0 Å². The summed E-state index contributed by atoms with van der Waals surface area (Å²) in [6, 6.07) is 0. The zero-order valence-corrected chi connectivity index (χ0v) is 9.28. The van der Waals surface area contributed by atoms with E-state index in [-0.39, 0.29) is 65.5 Å². The predicted molar refractivity (Wildman–Crippen MR) is 7.81 cm³/mol. The molecule has 24 valence electrons. The molecule has 0 fully saturated rings. The van der Waals surface area contributed by atoms with Crippen molar-refractivity contribution in [3.8, 4) is 0 Å². The molecule has 0 saturated heterocycles. The minimum Gasteiger partial charge on any atom is -2.00 e. The maximum absolute atomic E-state index is 0. The summed E-state index contributed by atoms with van der Waals surface area (Å²) in [7, 11) is 0. The summed E-state index contributed by atoms with van der Waals surface area (Å²) in [5.74, 6) is 0. The van der Waals surface area contributed by atoms with Gasteiger partial charge in [-0.1, -0.05) is 0 Å². The second kappa shape index (κ2) is 105. The molecule has 0 aliphatic carbocycles. The summed E-state index contributed by atoms with van der Waals surface area (Å²) in [5.41, 5.74) is 0. The molecule has 0 unspecified atom stereocenters. The van der Waals surface area contributed by atoms with Crippen LogP contribution >= 0.6 is 0 Å². The van der Waals surface area contributed by atoms with Crippen molar-refractivity contribution in [1.29, 1.82) is 0 Å². The van der Waals surface area contributed by atoms with Crippen LogP contribution in [0.15, 0.2) is 0 Å². The zero-order valence-electron chi connectivity index (χ0n) is 3.35. The van der Waals surface area contributed by atoms with Crippen molar-refractivity contribution < 1.29 is 55.4 Å². The number of rotatable bonds is 0. The second-order valence-electron chi connectivity index (χ2n) is 0. The van der Waals surface area contributed by atoms with Crippen LogP contribution in [0.5, 0.6) is 0 Å². The van der Waals surface area contributed by atoms with Gasteiger partial charge in [0.2, 0.25) is 0 Å². The molecule has 0 aromatic carbocycles. The average molecular weight is 188 g/mol. The molecular formula is BeO3Zn2. The van der Waals surface area contributed by atoms with Gasteiger partial charge in [-0.05, 0) is 0 Å². The summed E-state index contributed by atoms with van der Waals surface area (Å²) in [6.45, 7) is 0. The van der Waals surface area contributed by atoms with Crippen LogP contribution < -0.4 is 0 Å². The molecule has 0 aliphatic rings. The quantitative estimate of drug-likeness (QED) is 0.448. The first-order valence-electron chi connectivity index (χ1n) is 0. The molecule has 0 spiro atoms. The molecule has 0 atom stereocenters. The van der Waals surface area contributed by atoms with Gasteiger partial charge in [0.1, 0.15) is 0 Å². The smallest absolute Gasteiger partial charge is 2.00 e. The van der Waals surface area contributed by atoms with Crippen LogP contribution in [0, 0.1) is 0 Å². The van der Waals surface area contributed by atoms with Gasteiger partial charge in [0, 0.05) is 0 Å². The molecule has 6 heteroatoms. The summed E-state index contributed by atoms with van der Waals surface area (Å²) < 4.78 is 0. The Kier molecular flexibility index (Phi) is 3020. The van der Waals surface area contributed by atoms with Crippen LogP contribution in [-0.2, 0) is 55.4 Å². The molecule has 0 aromatic heterocycles. The molecule has 6 heavy (non-hydrogen) atoms. The molecule has 0 saturated carbocycles. The molecule has 0 rings (SSSR count). The van der Waals surface area contributed by atoms with E-state index in [0.717, 1.165) is 0 Å². The number of hydrogen-bond donors (Lipinski definition) is 0. The van der Waals surface area contributed by atoms with E-state index in [1.165, 1.54) is 0 Å². The van der Waals surface area contributed by atoms with Crippen molar-refractivity contribution in [1.82, 2.24) is 0 Å². The molecular weight excluding hydrogens is 188 g/mol. The average Bonchev–Trinajstić information content (AvgIpc) is 0. The van der Waals surface area contributed by atoms with Gasteiger partial charge in [0.05, 0.1) is 0 Å². The maximum Gasteiger partial charge on any atom is 2.00 e. The van der Waals surface area contributed by atoms with Crippen molar-refractivity contribution in [3.05, 3.63) is 0 Å². The van der Waals surface area contributed by atoms with Gasteiger partial charge in [-0.25, -0.2) is 0 Å². The fourth-order valence-electron chi connectivity index (χ4n) is 0. The first kappa shape index (κ1) is 172. The van der Waals surface area contributed by atoms with E-state index in [1.807, 2.05) is 0 Å². The van der Waals surface area contributed by atoms with Crippen LogP contribution in [0.2, 0.25) is 0 Å². The first-order chi connectivity index (χ1) is 0. The summed E-state index contributed by atoms with van der Waals surface area (Å²) in [6.07, 6.45) is 0. The standard InChI is InChI=1S/Be.3O.2Zn/q+2;3*-2;2*+2. The van der Waals surface area contributed by atoms with E-state index >= 15 is 0 Å². The topological polar surface area (TPSA) is 85.5 Å². The zero-order chi connectivity index (χ0) is 0.